The molecule has 1 heterocycles. The average Bonchev–Trinajstić information content (AvgIpc) is 2.69. The molecule has 0 atom stereocenters. The second-order valence-electron chi connectivity index (χ2n) is 2.98. The molecule has 0 amide bonds. The first-order valence-electron chi connectivity index (χ1n) is 4.67. The molecule has 3 N–H and O–H groups in total. The average molecular weight is 212 g/mol. The first-order chi connectivity index (χ1) is 6.83. The van der Waals surface area contributed by atoms with E-state index in [2.05, 4.69) is 15.3 Å². The SMILES string of the molecule is CSC(=N)NCCCCc1c[nH]cn1. The highest BCUT2D eigenvalue weighted by molar-refractivity contribution is 8.13. The van der Waals surface area contributed by atoms with Crippen LogP contribution in [-0.4, -0.2) is 27.9 Å². The number of unbranched alkanes of at least 4 members (excludes halogenated alkanes) is 1. The first kappa shape index (κ1) is 11.1. The molecule has 0 saturated carbocycles. The topological polar surface area (TPSA) is 64.6 Å². The Balaban J connectivity index is 1.97. The van der Waals surface area contributed by atoms with Crippen molar-refractivity contribution in [1.29, 1.82) is 5.41 Å². The van der Waals surface area contributed by atoms with E-state index in [1.54, 1.807) is 6.33 Å². The van der Waals surface area contributed by atoms with Gasteiger partial charge in [-0.25, -0.2) is 4.98 Å². The smallest absolute Gasteiger partial charge is 0.153 e. The zero-order valence-electron chi connectivity index (χ0n) is 8.34. The monoisotopic (exact) mass is 212 g/mol. The Kier molecular flexibility index (Phi) is 5.14. The molecule has 0 fully saturated rings. The van der Waals surface area contributed by atoms with Crippen LogP contribution in [0.4, 0.5) is 0 Å². The second-order valence-corrected chi connectivity index (χ2v) is 3.79. The van der Waals surface area contributed by atoms with Gasteiger partial charge in [-0.2, -0.15) is 0 Å². The van der Waals surface area contributed by atoms with Gasteiger partial charge in [0.15, 0.2) is 5.17 Å². The summed E-state index contributed by atoms with van der Waals surface area (Å²) in [5.41, 5.74) is 1.12. The van der Waals surface area contributed by atoms with Gasteiger partial charge in [0, 0.05) is 12.7 Å². The van der Waals surface area contributed by atoms with Crippen LogP contribution >= 0.6 is 11.8 Å². The van der Waals surface area contributed by atoms with Crippen LogP contribution in [0.15, 0.2) is 12.5 Å². The number of nitrogens with zero attached hydrogens (tertiary/aromatic N) is 1. The van der Waals surface area contributed by atoms with Crippen LogP contribution in [0.1, 0.15) is 18.5 Å². The van der Waals surface area contributed by atoms with Gasteiger partial charge >= 0.3 is 0 Å². The molecule has 0 saturated heterocycles. The molecule has 1 aromatic rings. The summed E-state index contributed by atoms with van der Waals surface area (Å²) in [6, 6.07) is 0. The molecule has 4 nitrogen and oxygen atoms in total. The number of thioether (sulfide) groups is 1. The molecule has 14 heavy (non-hydrogen) atoms. The summed E-state index contributed by atoms with van der Waals surface area (Å²) in [5.74, 6) is 0. The third kappa shape index (κ3) is 4.32. The van der Waals surface area contributed by atoms with E-state index in [0.29, 0.717) is 5.17 Å². The van der Waals surface area contributed by atoms with Crippen molar-refractivity contribution in [2.75, 3.05) is 12.8 Å². The molecule has 0 bridgehead atoms. The van der Waals surface area contributed by atoms with Gasteiger partial charge in [0.05, 0.1) is 12.0 Å². The molecular formula is C9H16N4S. The fraction of sp³-hybridized carbons (Fsp3) is 0.556. The van der Waals surface area contributed by atoms with Crippen LogP contribution in [0, 0.1) is 5.41 Å². The number of aromatic nitrogens is 2. The third-order valence-electron chi connectivity index (χ3n) is 1.90. The number of imidazole rings is 1. The lowest BCUT2D eigenvalue weighted by molar-refractivity contribution is 0.704. The summed E-state index contributed by atoms with van der Waals surface area (Å²) < 4.78 is 0. The number of hydrogen-bond donors (Lipinski definition) is 3. The summed E-state index contributed by atoms with van der Waals surface area (Å²) in [6.45, 7) is 0.879. The largest absolute Gasteiger partial charge is 0.365 e. The van der Waals surface area contributed by atoms with Crippen molar-refractivity contribution >= 4 is 16.9 Å². The normalized spacial score (nSPS) is 10.1. The third-order valence-corrected chi connectivity index (χ3v) is 2.46. The van der Waals surface area contributed by atoms with E-state index >= 15 is 0 Å². The van der Waals surface area contributed by atoms with Gasteiger partial charge in [-0.1, -0.05) is 11.8 Å². The quantitative estimate of drug-likeness (QED) is 0.395. The number of amidine groups is 1. The number of aromatic amines is 1. The molecule has 0 unspecified atom stereocenters. The van der Waals surface area contributed by atoms with Crippen molar-refractivity contribution in [1.82, 2.24) is 15.3 Å². The number of hydrogen-bond acceptors (Lipinski definition) is 3. The minimum Gasteiger partial charge on any atom is -0.365 e. The molecule has 0 aliphatic rings. The van der Waals surface area contributed by atoms with Crippen LogP contribution in [0.2, 0.25) is 0 Å². The lowest BCUT2D eigenvalue weighted by Gasteiger charge is -2.03. The van der Waals surface area contributed by atoms with Gasteiger partial charge in [0.1, 0.15) is 0 Å². The minimum absolute atomic E-state index is 0.546. The number of H-pyrrole nitrogens is 1. The highest BCUT2D eigenvalue weighted by Gasteiger charge is 1.95. The van der Waals surface area contributed by atoms with E-state index in [-0.39, 0.29) is 0 Å². The lowest BCUT2D eigenvalue weighted by Crippen LogP contribution is -2.20. The Morgan fingerprint density at radius 2 is 2.50 bits per heavy atom. The standard InChI is InChI=1S/C9H16N4S/c1-14-9(10)12-5-3-2-4-8-6-11-7-13-8/h6-7H,2-5H2,1H3,(H2,10,12)(H,11,13). The molecule has 0 aromatic carbocycles. The molecule has 0 spiro atoms. The van der Waals surface area contributed by atoms with Gasteiger partial charge < -0.3 is 10.3 Å². The number of aryl methyl sites for hydroxylation is 1. The molecule has 78 valence electrons. The van der Waals surface area contributed by atoms with E-state index in [1.165, 1.54) is 11.8 Å². The zero-order valence-corrected chi connectivity index (χ0v) is 9.16. The lowest BCUT2D eigenvalue weighted by atomic mass is 10.2. The molecular weight excluding hydrogens is 196 g/mol. The first-order valence-corrected chi connectivity index (χ1v) is 5.89. The van der Waals surface area contributed by atoms with E-state index in [1.807, 2.05) is 12.5 Å². The van der Waals surface area contributed by atoms with Crippen molar-refractivity contribution in [3.63, 3.8) is 0 Å². The van der Waals surface area contributed by atoms with E-state index in [4.69, 9.17) is 5.41 Å². The summed E-state index contributed by atoms with van der Waals surface area (Å²) in [4.78, 5) is 7.08. The molecule has 0 radical (unpaired) electrons. The molecule has 5 heteroatoms. The van der Waals surface area contributed by atoms with E-state index in [9.17, 15) is 0 Å². The Morgan fingerprint density at radius 3 is 3.14 bits per heavy atom. The van der Waals surface area contributed by atoms with Crippen molar-refractivity contribution in [2.45, 2.75) is 19.3 Å². The molecule has 1 rings (SSSR count). The van der Waals surface area contributed by atoms with Crippen molar-refractivity contribution in [2.24, 2.45) is 0 Å². The van der Waals surface area contributed by atoms with Gasteiger partial charge in [0.2, 0.25) is 0 Å². The van der Waals surface area contributed by atoms with E-state index in [0.717, 1.165) is 31.5 Å². The maximum atomic E-state index is 7.35. The predicted molar refractivity (Wildman–Crippen MR) is 60.8 cm³/mol. The second kappa shape index (κ2) is 6.48. The Hall–Kier alpha value is -0.970. The fourth-order valence-corrected chi connectivity index (χ4v) is 1.38. The maximum absolute atomic E-state index is 7.35. The van der Waals surface area contributed by atoms with E-state index < -0.39 is 0 Å². The van der Waals surface area contributed by atoms with Gasteiger partial charge in [-0.05, 0) is 25.5 Å². The Morgan fingerprint density at radius 1 is 1.64 bits per heavy atom. The van der Waals surface area contributed by atoms with Gasteiger partial charge in [-0.15, -0.1) is 0 Å². The Bertz CT molecular complexity index is 258. The van der Waals surface area contributed by atoms with Crippen LogP contribution < -0.4 is 5.32 Å². The van der Waals surface area contributed by atoms with Crippen LogP contribution in [0.25, 0.3) is 0 Å². The molecule has 0 aliphatic heterocycles. The summed E-state index contributed by atoms with van der Waals surface area (Å²) in [6.07, 6.45) is 8.74. The summed E-state index contributed by atoms with van der Waals surface area (Å²) in [5, 5.41) is 10.9. The van der Waals surface area contributed by atoms with Crippen LogP contribution in [0.5, 0.6) is 0 Å². The maximum Gasteiger partial charge on any atom is 0.153 e. The highest BCUT2D eigenvalue weighted by Crippen LogP contribution is 1.99. The number of nitrogens with one attached hydrogen (secondary N) is 3. The molecule has 1 aromatic heterocycles. The van der Waals surface area contributed by atoms with Gasteiger partial charge in [0.25, 0.3) is 0 Å². The Labute approximate surface area is 88.4 Å². The van der Waals surface area contributed by atoms with Crippen molar-refractivity contribution in [3.8, 4) is 0 Å². The van der Waals surface area contributed by atoms with Crippen LogP contribution in [0.3, 0.4) is 0 Å². The van der Waals surface area contributed by atoms with Crippen LogP contribution in [-0.2, 0) is 6.42 Å². The summed E-state index contributed by atoms with van der Waals surface area (Å²) in [7, 11) is 0. The van der Waals surface area contributed by atoms with Crippen molar-refractivity contribution < 1.29 is 0 Å². The molecule has 0 aliphatic carbocycles. The fourth-order valence-electron chi connectivity index (χ4n) is 1.13. The summed E-state index contributed by atoms with van der Waals surface area (Å²) >= 11 is 1.44. The predicted octanol–water partition coefficient (Wildman–Crippen LogP) is 1.62. The van der Waals surface area contributed by atoms with Crippen molar-refractivity contribution in [3.05, 3.63) is 18.2 Å². The zero-order chi connectivity index (χ0) is 10.2. The number of rotatable bonds is 5. The highest BCUT2D eigenvalue weighted by atomic mass is 32.2. The minimum atomic E-state index is 0.546. The van der Waals surface area contributed by atoms with Gasteiger partial charge in [-0.3, -0.25) is 5.41 Å².